The normalized spacial score (nSPS) is 12.4. The van der Waals surface area contributed by atoms with Crippen molar-refractivity contribution in [3.63, 3.8) is 0 Å². The molecular formula is C5H15NO2Si. The van der Waals surface area contributed by atoms with E-state index >= 15 is 0 Å². The number of carboxylic acid groups (broad SMARTS) is 1. The van der Waals surface area contributed by atoms with E-state index < -0.39 is 5.97 Å². The summed E-state index contributed by atoms with van der Waals surface area (Å²) >= 11 is 0. The molecule has 0 radical (unpaired) electrons. The molecule has 3 nitrogen and oxygen atoms in total. The maximum absolute atomic E-state index is 10.1. The van der Waals surface area contributed by atoms with E-state index in [0.717, 1.165) is 0 Å². The van der Waals surface area contributed by atoms with Gasteiger partial charge in [-0.1, -0.05) is 0 Å². The van der Waals surface area contributed by atoms with Crippen molar-refractivity contribution in [2.75, 3.05) is 14.1 Å². The first-order chi connectivity index (χ1) is 3.55. The highest BCUT2D eigenvalue weighted by atomic mass is 28.1. The van der Waals surface area contributed by atoms with Crippen LogP contribution in [0.15, 0.2) is 0 Å². The minimum Gasteiger partial charge on any atom is -0.480 e. The van der Waals surface area contributed by atoms with Crippen molar-refractivity contribution in [2.45, 2.75) is 13.0 Å². The average molecular weight is 149 g/mol. The van der Waals surface area contributed by atoms with Gasteiger partial charge in [0.15, 0.2) is 0 Å². The Bertz CT molecular complexity index is 95.0. The van der Waals surface area contributed by atoms with E-state index in [4.69, 9.17) is 5.11 Å². The predicted octanol–water partition coefficient (Wildman–Crippen LogP) is -1.43. The highest BCUT2D eigenvalue weighted by Gasteiger charge is 2.11. The summed E-state index contributed by atoms with van der Waals surface area (Å²) in [5.41, 5.74) is 0. The van der Waals surface area contributed by atoms with Crippen LogP contribution in [0, 0.1) is 0 Å². The first-order valence-corrected chi connectivity index (χ1v) is 2.45. The monoisotopic (exact) mass is 149 g/mol. The van der Waals surface area contributed by atoms with Crippen LogP contribution in [0.4, 0.5) is 0 Å². The van der Waals surface area contributed by atoms with E-state index in [1.807, 2.05) is 0 Å². The standard InChI is InChI=1S/C5H11NO2.H4Si/c1-4(5(7)8)6(2)3;/h4H,1-3H3,(H,7,8);1H4. The molecule has 1 N–H and O–H groups in total. The molecule has 0 spiro atoms. The summed E-state index contributed by atoms with van der Waals surface area (Å²) in [6, 6.07) is -0.380. The molecule has 0 amide bonds. The van der Waals surface area contributed by atoms with Gasteiger partial charge in [0, 0.05) is 0 Å². The van der Waals surface area contributed by atoms with Crippen molar-refractivity contribution in [3.05, 3.63) is 0 Å². The van der Waals surface area contributed by atoms with Crippen LogP contribution in [-0.4, -0.2) is 47.1 Å². The molecule has 0 aromatic carbocycles. The number of likely N-dealkylation sites (N-methyl/N-ethyl adjacent to an activating group) is 1. The van der Waals surface area contributed by atoms with Crippen LogP contribution in [0.5, 0.6) is 0 Å². The summed E-state index contributed by atoms with van der Waals surface area (Å²) in [6.07, 6.45) is 0. The first-order valence-electron chi connectivity index (χ1n) is 2.45. The number of rotatable bonds is 2. The number of carboxylic acids is 1. The third-order valence-electron chi connectivity index (χ3n) is 1.13. The van der Waals surface area contributed by atoms with Crippen molar-refractivity contribution in [1.29, 1.82) is 0 Å². The molecule has 1 unspecified atom stereocenters. The number of carbonyl (C=O) groups is 1. The van der Waals surface area contributed by atoms with Crippen molar-refractivity contribution in [2.24, 2.45) is 0 Å². The Morgan fingerprint density at radius 3 is 1.89 bits per heavy atom. The molecule has 0 saturated carbocycles. The van der Waals surface area contributed by atoms with Crippen molar-refractivity contribution in [1.82, 2.24) is 4.90 Å². The lowest BCUT2D eigenvalue weighted by Crippen LogP contribution is -2.32. The maximum atomic E-state index is 10.1. The molecule has 4 heteroatoms. The van der Waals surface area contributed by atoms with Gasteiger partial charge >= 0.3 is 5.97 Å². The number of aliphatic carboxylic acids is 1. The topological polar surface area (TPSA) is 40.5 Å². The number of nitrogens with zero attached hydrogens (tertiary/aromatic N) is 1. The first kappa shape index (κ1) is 11.4. The fourth-order valence-corrected chi connectivity index (χ4v) is 0.221. The van der Waals surface area contributed by atoms with Gasteiger partial charge in [0.1, 0.15) is 6.04 Å². The molecule has 9 heavy (non-hydrogen) atoms. The van der Waals surface area contributed by atoms with Gasteiger partial charge in [-0.15, -0.1) is 0 Å². The summed E-state index contributed by atoms with van der Waals surface area (Å²) < 4.78 is 0. The van der Waals surface area contributed by atoms with Crippen LogP contribution in [-0.2, 0) is 4.79 Å². The van der Waals surface area contributed by atoms with Gasteiger partial charge in [-0.05, 0) is 32.0 Å². The van der Waals surface area contributed by atoms with E-state index in [0.29, 0.717) is 0 Å². The minimum atomic E-state index is -0.782. The Morgan fingerprint density at radius 2 is 1.89 bits per heavy atom. The van der Waals surface area contributed by atoms with Crippen LogP contribution < -0.4 is 0 Å². The summed E-state index contributed by atoms with van der Waals surface area (Å²) in [5.74, 6) is -0.782. The molecule has 0 heterocycles. The summed E-state index contributed by atoms with van der Waals surface area (Å²) in [4.78, 5) is 11.7. The Kier molecular flexibility index (Phi) is 5.75. The van der Waals surface area contributed by atoms with Crippen LogP contribution in [0.1, 0.15) is 6.92 Å². The Hall–Kier alpha value is -0.353. The quantitative estimate of drug-likeness (QED) is 0.489. The minimum absolute atomic E-state index is 0. The number of hydrogen-bond acceptors (Lipinski definition) is 2. The van der Waals surface area contributed by atoms with E-state index in [9.17, 15) is 4.79 Å². The zero-order valence-corrected chi connectivity index (χ0v) is 5.38. The summed E-state index contributed by atoms with van der Waals surface area (Å²) in [6.45, 7) is 1.64. The van der Waals surface area contributed by atoms with Gasteiger partial charge in [0.05, 0.1) is 0 Å². The second-order valence-electron chi connectivity index (χ2n) is 1.98. The van der Waals surface area contributed by atoms with E-state index in [-0.39, 0.29) is 17.0 Å². The van der Waals surface area contributed by atoms with Crippen LogP contribution >= 0.6 is 0 Å². The van der Waals surface area contributed by atoms with Gasteiger partial charge in [-0.2, -0.15) is 0 Å². The lowest BCUT2D eigenvalue weighted by atomic mass is 10.3. The second-order valence-corrected chi connectivity index (χ2v) is 1.98. The third-order valence-corrected chi connectivity index (χ3v) is 1.13. The van der Waals surface area contributed by atoms with Gasteiger partial charge in [-0.25, -0.2) is 0 Å². The van der Waals surface area contributed by atoms with Gasteiger partial charge in [0.25, 0.3) is 0 Å². The van der Waals surface area contributed by atoms with Crippen molar-refractivity contribution >= 4 is 16.9 Å². The lowest BCUT2D eigenvalue weighted by molar-refractivity contribution is -0.141. The molecule has 0 saturated heterocycles. The largest absolute Gasteiger partial charge is 0.480 e. The zero-order chi connectivity index (χ0) is 6.73. The van der Waals surface area contributed by atoms with Crippen LogP contribution in [0.2, 0.25) is 0 Å². The van der Waals surface area contributed by atoms with E-state index in [1.54, 1.807) is 25.9 Å². The molecule has 0 aliphatic heterocycles. The lowest BCUT2D eigenvalue weighted by Gasteiger charge is -2.13. The third kappa shape index (κ3) is 4.17. The van der Waals surface area contributed by atoms with Gasteiger partial charge in [0.2, 0.25) is 0 Å². The number of hydrogen-bond donors (Lipinski definition) is 1. The van der Waals surface area contributed by atoms with Crippen LogP contribution in [0.3, 0.4) is 0 Å². The van der Waals surface area contributed by atoms with Crippen molar-refractivity contribution < 1.29 is 9.90 Å². The fraction of sp³-hybridized carbons (Fsp3) is 0.800. The van der Waals surface area contributed by atoms with Crippen molar-refractivity contribution in [3.8, 4) is 0 Å². The zero-order valence-electron chi connectivity index (χ0n) is 5.38. The molecular weight excluding hydrogens is 134 g/mol. The fourth-order valence-electron chi connectivity index (χ4n) is 0.221. The predicted molar refractivity (Wildman–Crippen MR) is 42.1 cm³/mol. The second kappa shape index (κ2) is 4.52. The van der Waals surface area contributed by atoms with Gasteiger partial charge in [-0.3, -0.25) is 9.69 Å². The molecule has 0 aliphatic carbocycles. The molecule has 0 rings (SSSR count). The maximum Gasteiger partial charge on any atom is 0.320 e. The SMILES string of the molecule is CC(C(=O)O)N(C)C.[SiH4]. The smallest absolute Gasteiger partial charge is 0.320 e. The Balaban J connectivity index is 0. The molecule has 56 valence electrons. The Morgan fingerprint density at radius 1 is 1.56 bits per heavy atom. The molecule has 0 aromatic heterocycles. The van der Waals surface area contributed by atoms with E-state index in [1.165, 1.54) is 0 Å². The molecule has 0 aliphatic rings. The molecule has 0 aromatic rings. The molecule has 1 atom stereocenters. The summed E-state index contributed by atoms with van der Waals surface area (Å²) in [5, 5.41) is 8.31. The van der Waals surface area contributed by atoms with Gasteiger partial charge < -0.3 is 5.11 Å². The molecule has 0 fully saturated rings. The van der Waals surface area contributed by atoms with Crippen LogP contribution in [0.25, 0.3) is 0 Å². The van der Waals surface area contributed by atoms with E-state index in [2.05, 4.69) is 0 Å². The summed E-state index contributed by atoms with van der Waals surface area (Å²) in [7, 11) is 3.47. The highest BCUT2D eigenvalue weighted by Crippen LogP contribution is 1.88. The highest BCUT2D eigenvalue weighted by molar-refractivity contribution is 5.75. The average Bonchev–Trinajstić information content (AvgIpc) is 1.64. The Labute approximate surface area is 59.7 Å². The molecule has 0 bridgehead atoms.